The number of nitrogens with one attached hydrogen (secondary N) is 3. The molecule has 0 spiro atoms. The lowest BCUT2D eigenvalue weighted by Crippen LogP contribution is -2.32. The van der Waals surface area contributed by atoms with Crippen molar-refractivity contribution >= 4 is 15.9 Å². The average molecular weight is 299 g/mol. The fourth-order valence-electron chi connectivity index (χ4n) is 1.73. The fraction of sp³-hybridized carbons (Fsp3) is 0.571. The van der Waals surface area contributed by atoms with Crippen LogP contribution in [0, 0.1) is 5.92 Å². The summed E-state index contributed by atoms with van der Waals surface area (Å²) < 4.78 is 28.6. The summed E-state index contributed by atoms with van der Waals surface area (Å²) in [5.74, 6) is 0.273. The molecule has 0 aliphatic heterocycles. The van der Waals surface area contributed by atoms with Crippen LogP contribution >= 0.6 is 0 Å². The van der Waals surface area contributed by atoms with Gasteiger partial charge in [-0.1, -0.05) is 32.9 Å². The average Bonchev–Trinajstić information content (AvgIpc) is 2.37. The minimum Gasteiger partial charge on any atom is -0.310 e. The summed E-state index contributed by atoms with van der Waals surface area (Å²) in [5.41, 5.74) is 1.69. The third-order valence-corrected chi connectivity index (χ3v) is 3.91. The molecule has 0 aliphatic rings. The molecule has 0 radical (unpaired) electrons. The highest BCUT2D eigenvalue weighted by molar-refractivity contribution is 7.90. The fourth-order valence-corrected chi connectivity index (χ4v) is 2.80. The Kier molecular flexibility index (Phi) is 6.45. The molecule has 0 aromatic heterocycles. The predicted molar refractivity (Wildman–Crippen MR) is 83.9 cm³/mol. The Bertz CT molecular complexity index is 498. The van der Waals surface area contributed by atoms with Gasteiger partial charge in [-0.25, -0.2) is 0 Å². The van der Waals surface area contributed by atoms with Gasteiger partial charge in [0.25, 0.3) is 10.2 Å². The van der Waals surface area contributed by atoms with Crippen LogP contribution in [0.25, 0.3) is 0 Å². The van der Waals surface area contributed by atoms with Crippen LogP contribution in [0.1, 0.15) is 39.3 Å². The molecule has 0 amide bonds. The first kappa shape index (κ1) is 16.9. The Morgan fingerprint density at radius 2 is 1.70 bits per heavy atom. The lowest BCUT2D eigenvalue weighted by Gasteiger charge is -2.14. The minimum absolute atomic E-state index is 0.254. The van der Waals surface area contributed by atoms with Crippen LogP contribution in [0.4, 0.5) is 5.69 Å². The first-order valence-corrected chi connectivity index (χ1v) is 8.43. The number of hydrogen-bond acceptors (Lipinski definition) is 3. The molecule has 0 saturated carbocycles. The zero-order chi connectivity index (χ0) is 15.2. The van der Waals surface area contributed by atoms with Gasteiger partial charge in [-0.2, -0.15) is 13.1 Å². The van der Waals surface area contributed by atoms with Gasteiger partial charge < -0.3 is 5.32 Å². The van der Waals surface area contributed by atoms with Gasteiger partial charge in [-0.05, 0) is 37.1 Å². The van der Waals surface area contributed by atoms with Gasteiger partial charge in [0.15, 0.2) is 0 Å². The molecule has 0 saturated heterocycles. The molecular weight excluding hydrogens is 274 g/mol. The van der Waals surface area contributed by atoms with E-state index < -0.39 is 10.2 Å². The summed E-state index contributed by atoms with van der Waals surface area (Å²) in [7, 11) is -3.49. The topological polar surface area (TPSA) is 70.2 Å². The highest BCUT2D eigenvalue weighted by Gasteiger charge is 2.10. The second-order valence-electron chi connectivity index (χ2n) is 5.25. The lowest BCUT2D eigenvalue weighted by molar-refractivity contribution is 0.565. The Morgan fingerprint density at radius 3 is 2.20 bits per heavy atom. The molecule has 0 heterocycles. The van der Waals surface area contributed by atoms with Crippen LogP contribution in [-0.2, 0) is 10.2 Å². The molecule has 114 valence electrons. The highest BCUT2D eigenvalue weighted by atomic mass is 32.2. The Balaban J connectivity index is 2.65. The molecule has 20 heavy (non-hydrogen) atoms. The lowest BCUT2D eigenvalue weighted by atomic mass is 10.1. The summed E-state index contributed by atoms with van der Waals surface area (Å²) in [5, 5.41) is 3.31. The molecule has 1 rings (SSSR count). The molecule has 6 heteroatoms. The predicted octanol–water partition coefficient (Wildman–Crippen LogP) is 2.26. The largest absolute Gasteiger partial charge is 0.310 e. The van der Waals surface area contributed by atoms with Crippen molar-refractivity contribution in [3.05, 3.63) is 29.8 Å². The second kappa shape index (κ2) is 7.61. The molecule has 1 aromatic rings. The van der Waals surface area contributed by atoms with E-state index >= 15 is 0 Å². The molecule has 0 aliphatic carbocycles. The van der Waals surface area contributed by atoms with Gasteiger partial charge in [0.1, 0.15) is 0 Å². The van der Waals surface area contributed by atoms with Gasteiger partial charge in [0.2, 0.25) is 0 Å². The van der Waals surface area contributed by atoms with E-state index in [4.69, 9.17) is 0 Å². The van der Waals surface area contributed by atoms with Crippen molar-refractivity contribution in [1.82, 2.24) is 10.0 Å². The summed E-state index contributed by atoms with van der Waals surface area (Å²) in [6.07, 6.45) is 0. The smallest absolute Gasteiger partial charge is 0.299 e. The van der Waals surface area contributed by atoms with Crippen LogP contribution in [0.5, 0.6) is 0 Å². The van der Waals surface area contributed by atoms with Gasteiger partial charge in [0, 0.05) is 18.3 Å². The van der Waals surface area contributed by atoms with Gasteiger partial charge in [-0.15, -0.1) is 0 Å². The second-order valence-corrected chi connectivity index (χ2v) is 6.75. The molecule has 1 unspecified atom stereocenters. The maximum absolute atomic E-state index is 11.8. The van der Waals surface area contributed by atoms with Crippen LogP contribution in [0.3, 0.4) is 0 Å². The monoisotopic (exact) mass is 299 g/mol. The number of benzene rings is 1. The third-order valence-electron chi connectivity index (χ3n) is 2.85. The van der Waals surface area contributed by atoms with Crippen molar-refractivity contribution in [3.63, 3.8) is 0 Å². The Labute approximate surface area is 122 Å². The van der Waals surface area contributed by atoms with Crippen molar-refractivity contribution in [2.24, 2.45) is 5.92 Å². The SMILES string of the molecule is CCNC(C)c1ccc(NS(=O)(=O)NCC(C)C)cc1. The highest BCUT2D eigenvalue weighted by Crippen LogP contribution is 2.16. The van der Waals surface area contributed by atoms with Gasteiger partial charge in [-0.3, -0.25) is 4.72 Å². The Morgan fingerprint density at radius 1 is 1.10 bits per heavy atom. The van der Waals surface area contributed by atoms with E-state index in [2.05, 4.69) is 28.6 Å². The molecule has 0 bridgehead atoms. The van der Waals surface area contributed by atoms with E-state index in [0.29, 0.717) is 12.2 Å². The van der Waals surface area contributed by atoms with Crippen LogP contribution in [0.15, 0.2) is 24.3 Å². The van der Waals surface area contributed by atoms with Gasteiger partial charge in [0.05, 0.1) is 0 Å². The van der Waals surface area contributed by atoms with Crippen molar-refractivity contribution in [2.75, 3.05) is 17.8 Å². The normalized spacial score (nSPS) is 13.4. The summed E-state index contributed by atoms with van der Waals surface area (Å²) >= 11 is 0. The van der Waals surface area contributed by atoms with Crippen molar-refractivity contribution in [3.8, 4) is 0 Å². The molecule has 1 atom stereocenters. The number of rotatable bonds is 8. The minimum atomic E-state index is -3.49. The maximum Gasteiger partial charge on any atom is 0.299 e. The van der Waals surface area contributed by atoms with E-state index in [-0.39, 0.29) is 12.0 Å². The first-order valence-electron chi connectivity index (χ1n) is 6.94. The zero-order valence-electron chi connectivity index (χ0n) is 12.6. The quantitative estimate of drug-likeness (QED) is 0.689. The van der Waals surface area contributed by atoms with E-state index in [1.165, 1.54) is 0 Å². The molecule has 5 nitrogen and oxygen atoms in total. The van der Waals surface area contributed by atoms with Crippen molar-refractivity contribution < 1.29 is 8.42 Å². The van der Waals surface area contributed by atoms with Crippen LogP contribution < -0.4 is 14.8 Å². The van der Waals surface area contributed by atoms with E-state index in [0.717, 1.165) is 12.1 Å². The molecule has 0 fully saturated rings. The van der Waals surface area contributed by atoms with Crippen molar-refractivity contribution in [2.45, 2.75) is 33.7 Å². The Hall–Kier alpha value is -1.11. The third kappa shape index (κ3) is 5.90. The van der Waals surface area contributed by atoms with Crippen molar-refractivity contribution in [1.29, 1.82) is 0 Å². The summed E-state index contributed by atoms with van der Waals surface area (Å²) in [6, 6.07) is 7.65. The van der Waals surface area contributed by atoms with Gasteiger partial charge >= 0.3 is 0 Å². The maximum atomic E-state index is 11.8. The van der Waals surface area contributed by atoms with E-state index in [9.17, 15) is 8.42 Å². The number of anilines is 1. The number of hydrogen-bond donors (Lipinski definition) is 3. The summed E-state index contributed by atoms with van der Waals surface area (Å²) in [4.78, 5) is 0. The van der Waals surface area contributed by atoms with Crippen LogP contribution in [-0.4, -0.2) is 21.5 Å². The molecular formula is C14H25N3O2S. The molecule has 3 N–H and O–H groups in total. The van der Waals surface area contributed by atoms with E-state index in [1.54, 1.807) is 12.1 Å². The first-order chi connectivity index (χ1) is 9.34. The summed E-state index contributed by atoms with van der Waals surface area (Å²) in [6.45, 7) is 9.37. The van der Waals surface area contributed by atoms with E-state index in [1.807, 2.05) is 26.0 Å². The molecule has 1 aromatic carbocycles. The zero-order valence-corrected chi connectivity index (χ0v) is 13.4. The van der Waals surface area contributed by atoms with Crippen LogP contribution in [0.2, 0.25) is 0 Å². The standard InChI is InChI=1S/C14H25N3O2S/c1-5-15-12(4)13-6-8-14(9-7-13)17-20(18,19)16-10-11(2)3/h6-9,11-12,15-17H,5,10H2,1-4H3.